The number of nitro benzene ring substituents is 1. The van der Waals surface area contributed by atoms with E-state index >= 15 is 0 Å². The Hall–Kier alpha value is -4.00. The summed E-state index contributed by atoms with van der Waals surface area (Å²) in [6.07, 6.45) is 3.03. The molecule has 0 spiro atoms. The number of non-ortho nitro benzene ring substituents is 1. The van der Waals surface area contributed by atoms with Gasteiger partial charge in [-0.3, -0.25) is 14.9 Å². The van der Waals surface area contributed by atoms with Crippen molar-refractivity contribution < 1.29 is 9.72 Å². The minimum Gasteiger partial charge on any atom is -0.334 e. The molecule has 0 atom stereocenters. The van der Waals surface area contributed by atoms with Crippen LogP contribution in [0.4, 0.5) is 17.5 Å². The van der Waals surface area contributed by atoms with Gasteiger partial charge in [-0.2, -0.15) is 5.10 Å². The predicted molar refractivity (Wildman–Crippen MR) is 108 cm³/mol. The number of hydrogen-bond acceptors (Lipinski definition) is 10. The third-order valence-corrected chi connectivity index (χ3v) is 4.35. The molecule has 4 N–H and O–H groups in total. The Morgan fingerprint density at radius 1 is 1.28 bits per heavy atom. The molecule has 3 aromatic rings. The number of carbonyl (C=O) groups is 1. The molecule has 13 heteroatoms. The molecular weight excluding hydrogens is 398 g/mol. The molecule has 3 rings (SSSR count). The fourth-order valence-electron chi connectivity index (χ4n) is 2.04. The summed E-state index contributed by atoms with van der Waals surface area (Å²) in [6.45, 7) is 0. The first kappa shape index (κ1) is 19.8. The minimum atomic E-state index is -0.480. The number of nitrogens with two attached hydrogens (primary N) is 1. The van der Waals surface area contributed by atoms with Crippen LogP contribution in [0.3, 0.4) is 0 Å². The van der Waals surface area contributed by atoms with Crippen LogP contribution in [0.1, 0.15) is 5.56 Å². The van der Waals surface area contributed by atoms with E-state index in [0.29, 0.717) is 16.5 Å². The molecule has 1 aromatic carbocycles. The van der Waals surface area contributed by atoms with Crippen molar-refractivity contribution >= 4 is 41.3 Å². The molecule has 0 bridgehead atoms. The number of rotatable bonds is 8. The number of hydrogen-bond donors (Lipinski definition) is 3. The molecule has 0 saturated carbocycles. The zero-order valence-electron chi connectivity index (χ0n) is 14.8. The van der Waals surface area contributed by atoms with Crippen LogP contribution < -0.4 is 16.6 Å². The molecule has 2 heterocycles. The molecular formula is C16H15N9O3S. The molecule has 0 radical (unpaired) electrons. The second kappa shape index (κ2) is 9.27. The van der Waals surface area contributed by atoms with Crippen molar-refractivity contribution in [3.05, 3.63) is 64.3 Å². The van der Waals surface area contributed by atoms with Crippen molar-refractivity contribution in [3.8, 4) is 0 Å². The monoisotopic (exact) mass is 413 g/mol. The average molecular weight is 413 g/mol. The van der Waals surface area contributed by atoms with E-state index in [1.165, 1.54) is 18.3 Å². The largest absolute Gasteiger partial charge is 0.334 e. The summed E-state index contributed by atoms with van der Waals surface area (Å²) >= 11 is 1.10. The number of benzene rings is 1. The van der Waals surface area contributed by atoms with E-state index in [4.69, 9.17) is 5.84 Å². The Morgan fingerprint density at radius 2 is 2.07 bits per heavy atom. The quantitative estimate of drug-likeness (QED) is 0.163. The summed E-state index contributed by atoms with van der Waals surface area (Å²) in [6, 6.07) is 11.0. The Kier molecular flexibility index (Phi) is 6.32. The van der Waals surface area contributed by atoms with E-state index < -0.39 is 4.92 Å². The van der Waals surface area contributed by atoms with E-state index in [9.17, 15) is 14.9 Å². The number of anilines is 2. The highest BCUT2D eigenvalue weighted by Crippen LogP contribution is 2.17. The average Bonchev–Trinajstić information content (AvgIpc) is 3.07. The second-order valence-corrected chi connectivity index (χ2v) is 6.39. The third kappa shape index (κ3) is 5.49. The molecule has 0 aliphatic heterocycles. The van der Waals surface area contributed by atoms with Gasteiger partial charge in [0.2, 0.25) is 11.1 Å². The lowest BCUT2D eigenvalue weighted by molar-refractivity contribution is -0.384. The Labute approximate surface area is 168 Å². The maximum atomic E-state index is 11.9. The molecule has 2 aromatic heterocycles. The summed E-state index contributed by atoms with van der Waals surface area (Å²) in [5.74, 6) is 6.31. The number of amides is 1. The van der Waals surface area contributed by atoms with Gasteiger partial charge in [0.1, 0.15) is 5.82 Å². The zero-order chi connectivity index (χ0) is 20.6. The molecule has 148 valence electrons. The lowest BCUT2D eigenvalue weighted by atomic mass is 10.2. The SMILES string of the molecule is Nn1c(N/N=C/c2ccc([N+](=O)[O-])cc2)nnc1SCC(=O)Nc1ccccn1. The number of pyridine rings is 1. The number of nitrogens with one attached hydrogen (secondary N) is 2. The molecule has 0 aliphatic rings. The third-order valence-electron chi connectivity index (χ3n) is 3.41. The molecule has 0 aliphatic carbocycles. The predicted octanol–water partition coefficient (Wildman–Crippen LogP) is 1.47. The van der Waals surface area contributed by atoms with Gasteiger partial charge in [0.25, 0.3) is 11.6 Å². The van der Waals surface area contributed by atoms with Crippen molar-refractivity contribution in [3.63, 3.8) is 0 Å². The van der Waals surface area contributed by atoms with Crippen molar-refractivity contribution in [1.29, 1.82) is 0 Å². The number of nitro groups is 1. The van der Waals surface area contributed by atoms with Crippen LogP contribution in [-0.2, 0) is 4.79 Å². The number of thioether (sulfide) groups is 1. The van der Waals surface area contributed by atoms with Gasteiger partial charge < -0.3 is 11.2 Å². The van der Waals surface area contributed by atoms with Crippen LogP contribution in [-0.4, -0.2) is 42.7 Å². The number of nitrogens with zero attached hydrogens (tertiary/aromatic N) is 6. The first-order valence-electron chi connectivity index (χ1n) is 8.10. The first-order chi connectivity index (χ1) is 14.0. The highest BCUT2D eigenvalue weighted by molar-refractivity contribution is 7.99. The van der Waals surface area contributed by atoms with E-state index in [0.717, 1.165) is 16.4 Å². The summed E-state index contributed by atoms with van der Waals surface area (Å²) in [7, 11) is 0. The minimum absolute atomic E-state index is 0.00874. The second-order valence-electron chi connectivity index (χ2n) is 5.45. The van der Waals surface area contributed by atoms with Crippen LogP contribution >= 0.6 is 11.8 Å². The maximum absolute atomic E-state index is 11.9. The van der Waals surface area contributed by atoms with Crippen LogP contribution in [0.5, 0.6) is 0 Å². The lowest BCUT2D eigenvalue weighted by Crippen LogP contribution is -2.17. The summed E-state index contributed by atoms with van der Waals surface area (Å²) in [4.78, 5) is 26.1. The van der Waals surface area contributed by atoms with E-state index in [2.05, 4.69) is 31.0 Å². The summed E-state index contributed by atoms with van der Waals surface area (Å²) in [5, 5.41) is 25.3. The topological polar surface area (TPSA) is 166 Å². The number of nitrogen functional groups attached to an aromatic ring is 1. The standard InChI is InChI=1S/C16H15N9O3S/c17-24-15(21-19-9-11-4-6-12(7-5-11)25(27)28)22-23-16(24)29-10-14(26)20-13-3-1-2-8-18-13/h1-9H,10,17H2,(H,21,22)(H,18,20,26)/b19-9+. The zero-order valence-corrected chi connectivity index (χ0v) is 15.6. The molecule has 12 nitrogen and oxygen atoms in total. The van der Waals surface area contributed by atoms with E-state index in [1.54, 1.807) is 36.5 Å². The Balaban J connectivity index is 1.52. The smallest absolute Gasteiger partial charge is 0.269 e. The van der Waals surface area contributed by atoms with Crippen LogP contribution in [0.25, 0.3) is 0 Å². The number of hydrazone groups is 1. The Morgan fingerprint density at radius 3 is 2.76 bits per heavy atom. The molecule has 1 amide bonds. The fourth-order valence-corrected chi connectivity index (χ4v) is 2.70. The van der Waals surface area contributed by atoms with Crippen molar-refractivity contribution in [2.75, 3.05) is 22.3 Å². The van der Waals surface area contributed by atoms with Gasteiger partial charge >= 0.3 is 0 Å². The van der Waals surface area contributed by atoms with Crippen molar-refractivity contribution in [2.45, 2.75) is 5.16 Å². The molecule has 29 heavy (non-hydrogen) atoms. The van der Waals surface area contributed by atoms with Gasteiger partial charge in [0, 0.05) is 18.3 Å². The normalized spacial score (nSPS) is 10.8. The van der Waals surface area contributed by atoms with Gasteiger partial charge in [0.05, 0.1) is 16.9 Å². The van der Waals surface area contributed by atoms with Gasteiger partial charge in [-0.1, -0.05) is 17.8 Å². The van der Waals surface area contributed by atoms with E-state index in [-0.39, 0.29) is 23.3 Å². The van der Waals surface area contributed by atoms with E-state index in [1.807, 2.05) is 0 Å². The molecule has 0 unspecified atom stereocenters. The van der Waals surface area contributed by atoms with Crippen LogP contribution in [0, 0.1) is 10.1 Å². The van der Waals surface area contributed by atoms with Crippen molar-refractivity contribution in [2.24, 2.45) is 5.10 Å². The number of carbonyl (C=O) groups excluding carboxylic acids is 1. The molecule has 0 saturated heterocycles. The summed E-state index contributed by atoms with van der Waals surface area (Å²) in [5.41, 5.74) is 3.26. The van der Waals surface area contributed by atoms with Crippen LogP contribution in [0.15, 0.2) is 58.9 Å². The maximum Gasteiger partial charge on any atom is 0.269 e. The highest BCUT2D eigenvalue weighted by atomic mass is 32.2. The van der Waals surface area contributed by atoms with Gasteiger partial charge in [-0.15, -0.1) is 10.2 Å². The highest BCUT2D eigenvalue weighted by Gasteiger charge is 2.12. The fraction of sp³-hybridized carbons (Fsp3) is 0.0625. The van der Waals surface area contributed by atoms with Gasteiger partial charge in [-0.05, 0) is 29.8 Å². The lowest BCUT2D eigenvalue weighted by Gasteiger charge is -2.04. The Bertz CT molecular complexity index is 1020. The van der Waals surface area contributed by atoms with Crippen molar-refractivity contribution in [1.82, 2.24) is 19.9 Å². The number of aromatic nitrogens is 4. The first-order valence-corrected chi connectivity index (χ1v) is 9.09. The van der Waals surface area contributed by atoms with Crippen LogP contribution in [0.2, 0.25) is 0 Å². The summed E-state index contributed by atoms with van der Waals surface area (Å²) < 4.78 is 1.16. The van der Waals surface area contributed by atoms with Gasteiger partial charge in [-0.25, -0.2) is 15.1 Å². The van der Waals surface area contributed by atoms with Gasteiger partial charge in [0.15, 0.2) is 0 Å². The molecule has 0 fully saturated rings.